The largest absolute Gasteiger partial charge is 0.314 e. The fraction of sp³-hybridized carbons (Fsp3) is 0.647. The molecule has 1 aromatic carbocycles. The van der Waals surface area contributed by atoms with Gasteiger partial charge in [-0.1, -0.05) is 30.9 Å². The van der Waals surface area contributed by atoms with Gasteiger partial charge < -0.3 is 5.32 Å². The van der Waals surface area contributed by atoms with E-state index in [1.54, 1.807) is 12.1 Å². The van der Waals surface area contributed by atoms with Crippen LogP contribution in [0.5, 0.6) is 0 Å². The average Bonchev–Trinajstić information content (AvgIpc) is 2.52. The quantitative estimate of drug-likeness (QED) is 0.912. The predicted octanol–water partition coefficient (Wildman–Crippen LogP) is 3.83. The van der Waals surface area contributed by atoms with Gasteiger partial charge in [-0.05, 0) is 42.5 Å². The van der Waals surface area contributed by atoms with E-state index < -0.39 is 0 Å². The number of rotatable bonds is 3. The van der Waals surface area contributed by atoms with Crippen molar-refractivity contribution in [2.45, 2.75) is 44.7 Å². The van der Waals surface area contributed by atoms with Crippen LogP contribution in [0.3, 0.4) is 0 Å². The highest BCUT2D eigenvalue weighted by Crippen LogP contribution is 2.31. The molecule has 2 aliphatic rings. The minimum absolute atomic E-state index is 0.196. The van der Waals surface area contributed by atoms with Gasteiger partial charge in [0.25, 0.3) is 0 Å². The van der Waals surface area contributed by atoms with E-state index in [1.165, 1.54) is 38.2 Å². The highest BCUT2D eigenvalue weighted by atomic mass is 35.5. The van der Waals surface area contributed by atoms with Crippen molar-refractivity contribution in [2.24, 2.45) is 5.92 Å². The molecule has 0 spiro atoms. The van der Waals surface area contributed by atoms with E-state index in [0.717, 1.165) is 37.7 Å². The summed E-state index contributed by atoms with van der Waals surface area (Å²) < 4.78 is 13.5. The van der Waals surface area contributed by atoms with Crippen molar-refractivity contribution in [3.63, 3.8) is 0 Å². The molecular weight excluding hydrogens is 287 g/mol. The van der Waals surface area contributed by atoms with Crippen LogP contribution in [-0.4, -0.2) is 30.6 Å². The minimum Gasteiger partial charge on any atom is -0.314 e. The maximum absolute atomic E-state index is 13.5. The molecule has 1 unspecified atom stereocenters. The average molecular weight is 311 g/mol. The van der Waals surface area contributed by atoms with Crippen molar-refractivity contribution in [2.75, 3.05) is 19.6 Å². The molecule has 0 radical (unpaired) electrons. The van der Waals surface area contributed by atoms with Gasteiger partial charge in [-0.15, -0.1) is 0 Å². The van der Waals surface area contributed by atoms with Gasteiger partial charge in [0.1, 0.15) is 5.82 Å². The van der Waals surface area contributed by atoms with E-state index in [2.05, 4.69) is 10.2 Å². The number of halogens is 2. The molecule has 3 rings (SSSR count). The molecule has 1 aromatic rings. The fourth-order valence-corrected chi connectivity index (χ4v) is 4.01. The summed E-state index contributed by atoms with van der Waals surface area (Å²) in [5.74, 6) is 0.581. The lowest BCUT2D eigenvalue weighted by Crippen LogP contribution is -2.54. The van der Waals surface area contributed by atoms with E-state index in [1.807, 2.05) is 0 Å². The van der Waals surface area contributed by atoms with Crippen molar-refractivity contribution in [1.82, 2.24) is 10.2 Å². The maximum Gasteiger partial charge on any atom is 0.123 e. The predicted molar refractivity (Wildman–Crippen MR) is 85.1 cm³/mol. The van der Waals surface area contributed by atoms with Gasteiger partial charge in [0.15, 0.2) is 0 Å². The monoisotopic (exact) mass is 310 g/mol. The second-order valence-corrected chi connectivity index (χ2v) is 6.78. The first kappa shape index (κ1) is 15.3. The van der Waals surface area contributed by atoms with Crippen LogP contribution in [0.4, 0.5) is 4.39 Å². The molecule has 4 heteroatoms. The molecule has 1 atom stereocenters. The van der Waals surface area contributed by atoms with E-state index >= 15 is 0 Å². The molecule has 21 heavy (non-hydrogen) atoms. The van der Waals surface area contributed by atoms with Gasteiger partial charge in [0.05, 0.1) is 0 Å². The van der Waals surface area contributed by atoms with Crippen molar-refractivity contribution < 1.29 is 4.39 Å². The van der Waals surface area contributed by atoms with Crippen LogP contribution in [0, 0.1) is 11.7 Å². The normalized spacial score (nSPS) is 25.1. The Hall–Kier alpha value is -0.640. The van der Waals surface area contributed by atoms with Gasteiger partial charge >= 0.3 is 0 Å². The van der Waals surface area contributed by atoms with Crippen molar-refractivity contribution in [3.05, 3.63) is 34.6 Å². The Morgan fingerprint density at radius 2 is 2.05 bits per heavy atom. The second-order valence-electron chi connectivity index (χ2n) is 6.38. The number of hydrogen-bond donors (Lipinski definition) is 1. The molecule has 1 saturated heterocycles. The van der Waals surface area contributed by atoms with Crippen LogP contribution in [0.2, 0.25) is 5.02 Å². The maximum atomic E-state index is 13.5. The van der Waals surface area contributed by atoms with Crippen LogP contribution in [-0.2, 0) is 6.54 Å². The Morgan fingerprint density at radius 1 is 1.24 bits per heavy atom. The molecule has 0 bridgehead atoms. The Labute approximate surface area is 131 Å². The number of nitrogens with one attached hydrogen (secondary N) is 1. The van der Waals surface area contributed by atoms with Crippen LogP contribution < -0.4 is 5.32 Å². The topological polar surface area (TPSA) is 15.3 Å². The number of benzene rings is 1. The molecule has 1 heterocycles. The van der Waals surface area contributed by atoms with Gasteiger partial charge in [-0.2, -0.15) is 0 Å². The van der Waals surface area contributed by atoms with E-state index in [4.69, 9.17) is 11.6 Å². The van der Waals surface area contributed by atoms with Crippen molar-refractivity contribution >= 4 is 11.6 Å². The third-order valence-electron chi connectivity index (χ3n) is 4.97. The molecular formula is C17H24ClFN2. The van der Waals surface area contributed by atoms with Crippen LogP contribution in [0.25, 0.3) is 0 Å². The first-order chi connectivity index (χ1) is 10.2. The summed E-state index contributed by atoms with van der Waals surface area (Å²) in [4.78, 5) is 2.51. The standard InChI is InChI=1S/C17H24ClFN2/c18-16-7-6-15(19)10-14(16)12-21-9-8-20-11-17(21)13-4-2-1-3-5-13/h6-7,10,13,17,20H,1-5,8-9,11-12H2. The van der Waals surface area contributed by atoms with E-state index in [0.29, 0.717) is 11.1 Å². The SMILES string of the molecule is Fc1ccc(Cl)c(CN2CCNCC2C2CCCCC2)c1. The zero-order chi connectivity index (χ0) is 14.7. The molecule has 1 aliphatic heterocycles. The molecule has 116 valence electrons. The molecule has 1 saturated carbocycles. The first-order valence-corrected chi connectivity index (χ1v) is 8.50. The summed E-state index contributed by atoms with van der Waals surface area (Å²) in [6.45, 7) is 3.85. The minimum atomic E-state index is -0.196. The van der Waals surface area contributed by atoms with Gasteiger partial charge in [-0.25, -0.2) is 4.39 Å². The summed E-state index contributed by atoms with van der Waals surface area (Å²) in [6, 6.07) is 5.26. The molecule has 1 N–H and O–H groups in total. The summed E-state index contributed by atoms with van der Waals surface area (Å²) in [6.07, 6.45) is 6.76. The van der Waals surface area contributed by atoms with E-state index in [9.17, 15) is 4.39 Å². The smallest absolute Gasteiger partial charge is 0.123 e. The second kappa shape index (κ2) is 7.08. The highest BCUT2D eigenvalue weighted by molar-refractivity contribution is 6.31. The van der Waals surface area contributed by atoms with Crippen LogP contribution >= 0.6 is 11.6 Å². The van der Waals surface area contributed by atoms with E-state index in [-0.39, 0.29) is 5.82 Å². The van der Waals surface area contributed by atoms with Crippen molar-refractivity contribution in [1.29, 1.82) is 0 Å². The molecule has 0 amide bonds. The van der Waals surface area contributed by atoms with Crippen LogP contribution in [0.15, 0.2) is 18.2 Å². The Bertz CT molecular complexity index is 474. The third-order valence-corrected chi connectivity index (χ3v) is 5.34. The Kier molecular flexibility index (Phi) is 5.15. The molecule has 2 nitrogen and oxygen atoms in total. The number of hydrogen-bond acceptors (Lipinski definition) is 2. The van der Waals surface area contributed by atoms with Gasteiger partial charge in [0.2, 0.25) is 0 Å². The lowest BCUT2D eigenvalue weighted by Gasteiger charge is -2.42. The first-order valence-electron chi connectivity index (χ1n) is 8.13. The van der Waals surface area contributed by atoms with Crippen LogP contribution in [0.1, 0.15) is 37.7 Å². The lowest BCUT2D eigenvalue weighted by molar-refractivity contribution is 0.0859. The summed E-state index contributed by atoms with van der Waals surface area (Å²) in [5.41, 5.74) is 0.916. The zero-order valence-electron chi connectivity index (χ0n) is 12.5. The summed E-state index contributed by atoms with van der Waals surface area (Å²) in [5, 5.41) is 4.20. The van der Waals surface area contributed by atoms with Gasteiger partial charge in [0, 0.05) is 37.2 Å². The fourth-order valence-electron chi connectivity index (χ4n) is 3.83. The highest BCUT2D eigenvalue weighted by Gasteiger charge is 2.30. The summed E-state index contributed by atoms with van der Waals surface area (Å²) >= 11 is 6.24. The molecule has 2 fully saturated rings. The van der Waals surface area contributed by atoms with Crippen molar-refractivity contribution in [3.8, 4) is 0 Å². The molecule has 1 aliphatic carbocycles. The summed E-state index contributed by atoms with van der Waals surface area (Å²) in [7, 11) is 0. The van der Waals surface area contributed by atoms with Gasteiger partial charge in [-0.3, -0.25) is 4.90 Å². The Balaban J connectivity index is 1.73. The zero-order valence-corrected chi connectivity index (χ0v) is 13.2. The third kappa shape index (κ3) is 3.77. The Morgan fingerprint density at radius 3 is 2.86 bits per heavy atom. The number of nitrogens with zero attached hydrogens (tertiary/aromatic N) is 1. The number of piperazine rings is 1. The lowest BCUT2D eigenvalue weighted by atomic mass is 9.82. The molecule has 0 aromatic heterocycles.